The molecule has 0 radical (unpaired) electrons. The number of alkyl halides is 3. The summed E-state index contributed by atoms with van der Waals surface area (Å²) in [5.74, 6) is -0.451. The predicted octanol–water partition coefficient (Wildman–Crippen LogP) is 2.50. The SMILES string of the molecule is CNc1nc(Nc2cc3c(cc2OC)c(C(=O)NCCO)cn3C)ncc1C(F)(F)F. The second-order valence-corrected chi connectivity index (χ2v) is 6.53. The van der Waals surface area contributed by atoms with Crippen molar-refractivity contribution in [2.75, 3.05) is 37.9 Å². The number of nitrogens with one attached hydrogen (secondary N) is 3. The van der Waals surface area contributed by atoms with Gasteiger partial charge in [0.25, 0.3) is 5.91 Å². The van der Waals surface area contributed by atoms with E-state index >= 15 is 0 Å². The molecule has 0 fully saturated rings. The van der Waals surface area contributed by atoms with E-state index in [1.165, 1.54) is 14.2 Å². The second kappa shape index (κ2) is 8.68. The molecule has 9 nitrogen and oxygen atoms in total. The van der Waals surface area contributed by atoms with Gasteiger partial charge in [-0.3, -0.25) is 4.79 Å². The average molecular weight is 438 g/mol. The van der Waals surface area contributed by atoms with Crippen LogP contribution in [-0.2, 0) is 13.2 Å². The van der Waals surface area contributed by atoms with Crippen LogP contribution in [0, 0.1) is 0 Å². The highest BCUT2D eigenvalue weighted by atomic mass is 19.4. The number of hydrogen-bond acceptors (Lipinski definition) is 7. The number of aliphatic hydroxyl groups is 1. The zero-order chi connectivity index (χ0) is 22.8. The van der Waals surface area contributed by atoms with Crippen LogP contribution in [0.4, 0.5) is 30.6 Å². The van der Waals surface area contributed by atoms with Gasteiger partial charge >= 0.3 is 6.18 Å². The van der Waals surface area contributed by atoms with Crippen LogP contribution in [0.25, 0.3) is 10.9 Å². The molecule has 3 aromatic rings. The van der Waals surface area contributed by atoms with E-state index in [-0.39, 0.29) is 30.8 Å². The molecule has 0 aliphatic heterocycles. The summed E-state index contributed by atoms with van der Waals surface area (Å²) in [6.45, 7) is -0.0688. The van der Waals surface area contributed by atoms with Crippen molar-refractivity contribution in [2.24, 2.45) is 7.05 Å². The number of methoxy groups -OCH3 is 1. The van der Waals surface area contributed by atoms with Crippen molar-refractivity contribution in [1.29, 1.82) is 0 Å². The molecule has 0 aliphatic carbocycles. The van der Waals surface area contributed by atoms with Crippen LogP contribution < -0.4 is 20.7 Å². The Hall–Kier alpha value is -3.54. The number of ether oxygens (including phenoxy) is 1. The first-order valence-corrected chi connectivity index (χ1v) is 9.14. The van der Waals surface area contributed by atoms with Crippen molar-refractivity contribution in [3.05, 3.63) is 35.7 Å². The number of carbonyl (C=O) groups is 1. The Balaban J connectivity index is 2.01. The number of aryl methyl sites for hydroxylation is 1. The quantitative estimate of drug-likeness (QED) is 0.448. The van der Waals surface area contributed by atoms with Gasteiger partial charge in [0.1, 0.15) is 17.1 Å². The van der Waals surface area contributed by atoms with Gasteiger partial charge in [-0.15, -0.1) is 0 Å². The Morgan fingerprint density at radius 2 is 2.06 bits per heavy atom. The number of amides is 1. The van der Waals surface area contributed by atoms with Crippen molar-refractivity contribution >= 4 is 34.3 Å². The van der Waals surface area contributed by atoms with E-state index in [0.29, 0.717) is 34.1 Å². The zero-order valence-electron chi connectivity index (χ0n) is 17.0. The Morgan fingerprint density at radius 1 is 1.32 bits per heavy atom. The van der Waals surface area contributed by atoms with Gasteiger partial charge in [0.2, 0.25) is 5.95 Å². The fraction of sp³-hybridized carbons (Fsp3) is 0.316. The summed E-state index contributed by atoms with van der Waals surface area (Å²) in [6.07, 6.45) is -2.27. The molecule has 12 heteroatoms. The largest absolute Gasteiger partial charge is 0.495 e. The minimum atomic E-state index is -4.59. The summed E-state index contributed by atoms with van der Waals surface area (Å²) in [5.41, 5.74) is 0.474. The van der Waals surface area contributed by atoms with Gasteiger partial charge in [0.05, 0.1) is 30.5 Å². The molecular formula is C19H21F3N6O3. The third-order valence-corrected chi connectivity index (χ3v) is 4.53. The number of aliphatic hydroxyl groups excluding tert-OH is 1. The third-order valence-electron chi connectivity index (χ3n) is 4.53. The van der Waals surface area contributed by atoms with Gasteiger partial charge in [0, 0.05) is 38.4 Å². The number of carbonyl (C=O) groups excluding carboxylic acids is 1. The van der Waals surface area contributed by atoms with Crippen LogP contribution in [0.15, 0.2) is 24.5 Å². The maximum absolute atomic E-state index is 13.1. The molecule has 3 rings (SSSR count). The van der Waals surface area contributed by atoms with E-state index in [4.69, 9.17) is 9.84 Å². The first-order valence-electron chi connectivity index (χ1n) is 9.14. The summed E-state index contributed by atoms with van der Waals surface area (Å²) in [7, 11) is 4.50. The second-order valence-electron chi connectivity index (χ2n) is 6.53. The Kier molecular flexibility index (Phi) is 6.20. The maximum atomic E-state index is 13.1. The first-order chi connectivity index (χ1) is 14.7. The van der Waals surface area contributed by atoms with Crippen molar-refractivity contribution in [1.82, 2.24) is 19.9 Å². The van der Waals surface area contributed by atoms with Crippen LogP contribution in [-0.4, -0.2) is 52.9 Å². The first kappa shape index (κ1) is 22.2. The number of anilines is 3. The topological polar surface area (TPSA) is 113 Å². The molecule has 0 saturated heterocycles. The lowest BCUT2D eigenvalue weighted by atomic mass is 10.1. The molecule has 1 amide bonds. The van der Waals surface area contributed by atoms with Gasteiger partial charge in [-0.05, 0) is 12.1 Å². The Morgan fingerprint density at radius 3 is 2.68 bits per heavy atom. The zero-order valence-corrected chi connectivity index (χ0v) is 17.0. The molecule has 31 heavy (non-hydrogen) atoms. The van der Waals surface area contributed by atoms with Crippen LogP contribution in [0.2, 0.25) is 0 Å². The van der Waals surface area contributed by atoms with Gasteiger partial charge in [0.15, 0.2) is 0 Å². The number of fused-ring (bicyclic) bond motifs is 1. The molecule has 0 saturated carbocycles. The average Bonchev–Trinajstić information content (AvgIpc) is 3.06. The molecular weight excluding hydrogens is 417 g/mol. The molecule has 2 aromatic heterocycles. The van der Waals surface area contributed by atoms with Crippen LogP contribution in [0.3, 0.4) is 0 Å². The van der Waals surface area contributed by atoms with Gasteiger partial charge < -0.3 is 30.4 Å². The number of nitrogens with zero attached hydrogens (tertiary/aromatic N) is 3. The lowest BCUT2D eigenvalue weighted by molar-refractivity contribution is -0.137. The van der Waals surface area contributed by atoms with Crippen LogP contribution in [0.5, 0.6) is 5.75 Å². The lowest BCUT2D eigenvalue weighted by Crippen LogP contribution is -2.26. The van der Waals surface area contributed by atoms with E-state index < -0.39 is 11.7 Å². The normalized spacial score (nSPS) is 11.5. The molecule has 166 valence electrons. The van der Waals surface area contributed by atoms with Crippen molar-refractivity contribution in [3.8, 4) is 5.75 Å². The van der Waals surface area contributed by atoms with Gasteiger partial charge in [-0.1, -0.05) is 0 Å². The molecule has 2 heterocycles. The molecule has 1 aromatic carbocycles. The number of aromatic nitrogens is 3. The van der Waals surface area contributed by atoms with E-state index in [1.54, 1.807) is 29.9 Å². The lowest BCUT2D eigenvalue weighted by Gasteiger charge is -2.14. The van der Waals surface area contributed by atoms with E-state index in [9.17, 15) is 18.0 Å². The minimum Gasteiger partial charge on any atom is -0.495 e. The summed E-state index contributed by atoms with van der Waals surface area (Å²) >= 11 is 0. The maximum Gasteiger partial charge on any atom is 0.421 e. The fourth-order valence-electron chi connectivity index (χ4n) is 3.08. The molecule has 0 unspecified atom stereocenters. The molecule has 0 atom stereocenters. The highest BCUT2D eigenvalue weighted by molar-refractivity contribution is 6.08. The number of hydrogen-bond donors (Lipinski definition) is 4. The fourth-order valence-corrected chi connectivity index (χ4v) is 3.08. The predicted molar refractivity (Wildman–Crippen MR) is 109 cm³/mol. The highest BCUT2D eigenvalue weighted by Crippen LogP contribution is 2.36. The molecule has 0 spiro atoms. The monoisotopic (exact) mass is 438 g/mol. The Bertz CT molecular complexity index is 1110. The van der Waals surface area contributed by atoms with Crippen LogP contribution in [0.1, 0.15) is 15.9 Å². The molecule has 0 bridgehead atoms. The summed E-state index contributed by atoms with van der Waals surface area (Å²) < 4.78 is 46.3. The van der Waals surface area contributed by atoms with Crippen molar-refractivity contribution < 1.29 is 27.8 Å². The number of rotatable bonds is 7. The van der Waals surface area contributed by atoms with Crippen molar-refractivity contribution in [3.63, 3.8) is 0 Å². The van der Waals surface area contributed by atoms with Crippen LogP contribution >= 0.6 is 0 Å². The standard InChI is InChI=1S/C19H21F3N6O3/c1-23-16-12(19(20,21)22)8-25-18(27-16)26-13-7-14-10(6-15(13)31-3)11(9-28(14)2)17(30)24-4-5-29/h6-9,29H,4-5H2,1-3H3,(H,24,30)(H2,23,25,26,27). The van der Waals surface area contributed by atoms with Crippen molar-refractivity contribution in [2.45, 2.75) is 6.18 Å². The highest BCUT2D eigenvalue weighted by Gasteiger charge is 2.35. The number of halogens is 3. The van der Waals surface area contributed by atoms with Gasteiger partial charge in [-0.25, -0.2) is 4.98 Å². The smallest absolute Gasteiger partial charge is 0.421 e. The summed E-state index contributed by atoms with van der Waals surface area (Å²) in [5, 5.41) is 17.4. The number of benzene rings is 1. The van der Waals surface area contributed by atoms with Gasteiger partial charge in [-0.2, -0.15) is 18.2 Å². The van der Waals surface area contributed by atoms with E-state index in [2.05, 4.69) is 25.9 Å². The van der Waals surface area contributed by atoms with E-state index in [1.807, 2.05) is 0 Å². The summed E-state index contributed by atoms with van der Waals surface area (Å²) in [6, 6.07) is 3.31. The van der Waals surface area contributed by atoms with E-state index in [0.717, 1.165) is 0 Å². The third kappa shape index (κ3) is 4.48. The summed E-state index contributed by atoms with van der Waals surface area (Å²) in [4.78, 5) is 20.0. The molecule has 4 N–H and O–H groups in total. The Labute approximate surface area is 175 Å². The minimum absolute atomic E-state index is 0.0647. The molecule has 0 aliphatic rings.